The van der Waals surface area contributed by atoms with Crippen molar-refractivity contribution >= 4 is 23.7 Å². The van der Waals surface area contributed by atoms with Crippen LogP contribution in [0.25, 0.3) is 0 Å². The molecule has 1 aromatic rings. The molecule has 4 atom stereocenters. The second kappa shape index (κ2) is 5.60. The van der Waals surface area contributed by atoms with E-state index in [4.69, 9.17) is 5.11 Å². The highest BCUT2D eigenvalue weighted by Gasteiger charge is 2.45. The smallest absolute Gasteiger partial charge is 0.306 e. The topological polar surface area (TPSA) is 116 Å². The zero-order valence-corrected chi connectivity index (χ0v) is 11.1. The van der Waals surface area contributed by atoms with Crippen molar-refractivity contribution in [1.82, 2.24) is 15.2 Å². The van der Waals surface area contributed by atoms with Gasteiger partial charge in [-0.05, 0) is 18.3 Å². The van der Waals surface area contributed by atoms with E-state index in [-0.39, 0.29) is 23.5 Å². The van der Waals surface area contributed by atoms with Gasteiger partial charge in [-0.3, -0.25) is 14.7 Å². The molecule has 19 heavy (non-hydrogen) atoms. The molecule has 1 fully saturated rings. The summed E-state index contributed by atoms with van der Waals surface area (Å²) in [6, 6.07) is 0. The van der Waals surface area contributed by atoms with Crippen molar-refractivity contribution in [3.8, 4) is 0 Å². The van der Waals surface area contributed by atoms with Gasteiger partial charge in [-0.1, -0.05) is 18.7 Å². The van der Waals surface area contributed by atoms with E-state index in [2.05, 4.69) is 15.2 Å². The van der Waals surface area contributed by atoms with Crippen LogP contribution in [0.1, 0.15) is 19.8 Å². The quantitative estimate of drug-likeness (QED) is 0.741. The Morgan fingerprint density at radius 1 is 1.53 bits per heavy atom. The van der Waals surface area contributed by atoms with Crippen LogP contribution in [0.2, 0.25) is 0 Å². The van der Waals surface area contributed by atoms with Gasteiger partial charge < -0.3 is 10.2 Å². The minimum Gasteiger partial charge on any atom is -0.481 e. The maximum Gasteiger partial charge on any atom is 0.306 e. The molecule has 2 rings (SSSR count). The maximum absolute atomic E-state index is 11.2. The van der Waals surface area contributed by atoms with Gasteiger partial charge in [-0.25, -0.2) is 4.98 Å². The van der Waals surface area contributed by atoms with Crippen LogP contribution in [-0.2, 0) is 9.59 Å². The number of nitrogens with zero attached hydrogens (tertiary/aromatic N) is 2. The van der Waals surface area contributed by atoms with Crippen molar-refractivity contribution in [3.63, 3.8) is 0 Å². The van der Waals surface area contributed by atoms with E-state index < -0.39 is 17.9 Å². The average Bonchev–Trinajstić information content (AvgIpc) is 2.91. The first-order valence-corrected chi connectivity index (χ1v) is 6.83. The lowest BCUT2D eigenvalue weighted by Gasteiger charge is -2.19. The van der Waals surface area contributed by atoms with Gasteiger partial charge in [0.05, 0.1) is 5.92 Å². The molecule has 1 aromatic heterocycles. The second-order valence-corrected chi connectivity index (χ2v) is 5.98. The molecule has 4 unspecified atom stereocenters. The SMILES string of the molecule is CC1C(Sc2ncn[nH]2)CC(C(=O)O)C1CC(=O)O. The van der Waals surface area contributed by atoms with Crippen molar-refractivity contribution in [2.24, 2.45) is 17.8 Å². The normalized spacial score (nSPS) is 30.4. The van der Waals surface area contributed by atoms with Crippen molar-refractivity contribution in [1.29, 1.82) is 0 Å². The van der Waals surface area contributed by atoms with Crippen LogP contribution in [0.3, 0.4) is 0 Å². The fraction of sp³-hybridized carbons (Fsp3) is 0.636. The number of H-pyrrole nitrogens is 1. The molecule has 1 heterocycles. The van der Waals surface area contributed by atoms with Gasteiger partial charge in [0.1, 0.15) is 6.33 Å². The zero-order valence-electron chi connectivity index (χ0n) is 10.3. The summed E-state index contributed by atoms with van der Waals surface area (Å²) in [5, 5.41) is 25.3. The number of thioether (sulfide) groups is 1. The summed E-state index contributed by atoms with van der Waals surface area (Å²) in [5.41, 5.74) is 0. The lowest BCUT2D eigenvalue weighted by Crippen LogP contribution is -2.24. The average molecular weight is 285 g/mol. The molecule has 0 spiro atoms. The van der Waals surface area contributed by atoms with E-state index in [9.17, 15) is 14.7 Å². The standard InChI is InChI=1S/C11H15N3O4S/c1-5-6(3-9(15)16)7(10(17)18)2-8(5)19-11-12-4-13-14-11/h4-8H,2-3H2,1H3,(H,15,16)(H,17,18)(H,12,13,14). The monoisotopic (exact) mass is 285 g/mol. The first-order valence-electron chi connectivity index (χ1n) is 5.95. The first kappa shape index (κ1) is 13.9. The lowest BCUT2D eigenvalue weighted by atomic mass is 9.87. The number of carbonyl (C=O) groups is 2. The van der Waals surface area contributed by atoms with Gasteiger partial charge in [0.25, 0.3) is 0 Å². The van der Waals surface area contributed by atoms with E-state index in [0.717, 1.165) is 0 Å². The van der Waals surface area contributed by atoms with Gasteiger partial charge in [-0.15, -0.1) is 0 Å². The largest absolute Gasteiger partial charge is 0.481 e. The van der Waals surface area contributed by atoms with Gasteiger partial charge in [-0.2, -0.15) is 5.10 Å². The molecule has 0 amide bonds. The Hall–Kier alpha value is -1.57. The van der Waals surface area contributed by atoms with Crippen LogP contribution in [0, 0.1) is 17.8 Å². The van der Waals surface area contributed by atoms with Crippen LogP contribution in [0.5, 0.6) is 0 Å². The summed E-state index contributed by atoms with van der Waals surface area (Å²) in [6.45, 7) is 1.91. The molecule has 8 heteroatoms. The highest BCUT2D eigenvalue weighted by atomic mass is 32.2. The molecule has 3 N–H and O–H groups in total. The number of rotatable bonds is 5. The van der Waals surface area contributed by atoms with Gasteiger partial charge in [0.2, 0.25) is 0 Å². The molecule has 1 aliphatic carbocycles. The molecule has 1 aliphatic rings. The third kappa shape index (κ3) is 3.06. The number of aromatic nitrogens is 3. The molecule has 1 saturated carbocycles. The first-order chi connectivity index (χ1) is 8.99. The Labute approximate surface area is 113 Å². The minimum absolute atomic E-state index is 0.00676. The summed E-state index contributed by atoms with van der Waals surface area (Å²) in [6.07, 6.45) is 1.75. The molecule has 0 aliphatic heterocycles. The van der Waals surface area contributed by atoms with E-state index in [1.54, 1.807) is 0 Å². The predicted octanol–water partition coefficient (Wildman–Crippen LogP) is 1.10. The minimum atomic E-state index is -0.951. The fourth-order valence-corrected chi connectivity index (χ4v) is 3.87. The number of aromatic amines is 1. The molecule has 0 saturated heterocycles. The Morgan fingerprint density at radius 3 is 2.79 bits per heavy atom. The maximum atomic E-state index is 11.2. The van der Waals surface area contributed by atoms with Crippen LogP contribution in [0.15, 0.2) is 11.5 Å². The van der Waals surface area contributed by atoms with Crippen LogP contribution < -0.4 is 0 Å². The van der Waals surface area contributed by atoms with Crippen molar-refractivity contribution in [3.05, 3.63) is 6.33 Å². The molecule has 7 nitrogen and oxygen atoms in total. The second-order valence-electron chi connectivity index (χ2n) is 4.75. The molecule has 0 radical (unpaired) electrons. The van der Waals surface area contributed by atoms with Crippen molar-refractivity contribution in [2.45, 2.75) is 30.2 Å². The van der Waals surface area contributed by atoms with Crippen molar-refractivity contribution in [2.75, 3.05) is 0 Å². The number of nitrogens with one attached hydrogen (secondary N) is 1. The number of hydrogen-bond acceptors (Lipinski definition) is 5. The summed E-state index contributed by atoms with van der Waals surface area (Å²) in [5.74, 6) is -2.80. The third-order valence-corrected chi connectivity index (χ3v) is 4.99. The highest BCUT2D eigenvalue weighted by Crippen LogP contribution is 2.46. The summed E-state index contributed by atoms with van der Waals surface area (Å²) in [4.78, 5) is 26.1. The van der Waals surface area contributed by atoms with Crippen LogP contribution in [-0.4, -0.2) is 42.6 Å². The van der Waals surface area contributed by atoms with Crippen molar-refractivity contribution < 1.29 is 19.8 Å². The third-order valence-electron chi connectivity index (χ3n) is 3.65. The Morgan fingerprint density at radius 2 is 2.26 bits per heavy atom. The summed E-state index contributed by atoms with van der Waals surface area (Å²) < 4.78 is 0. The highest BCUT2D eigenvalue weighted by molar-refractivity contribution is 7.99. The lowest BCUT2D eigenvalue weighted by molar-refractivity contribution is -0.145. The van der Waals surface area contributed by atoms with E-state index in [1.165, 1.54) is 18.1 Å². The Balaban J connectivity index is 2.10. The van der Waals surface area contributed by atoms with E-state index >= 15 is 0 Å². The van der Waals surface area contributed by atoms with Crippen LogP contribution in [0.4, 0.5) is 0 Å². The summed E-state index contributed by atoms with van der Waals surface area (Å²) in [7, 11) is 0. The molecule has 0 bridgehead atoms. The van der Waals surface area contributed by atoms with Gasteiger partial charge in [0.15, 0.2) is 5.16 Å². The number of carboxylic acids is 2. The molecular weight excluding hydrogens is 270 g/mol. The summed E-state index contributed by atoms with van der Waals surface area (Å²) >= 11 is 1.43. The predicted molar refractivity (Wildman–Crippen MR) is 66.7 cm³/mol. The molecular formula is C11H15N3O4S. The number of carboxylic acid groups (broad SMARTS) is 2. The number of hydrogen-bond donors (Lipinski definition) is 3. The van der Waals surface area contributed by atoms with Gasteiger partial charge >= 0.3 is 11.9 Å². The van der Waals surface area contributed by atoms with Gasteiger partial charge in [0, 0.05) is 11.7 Å². The fourth-order valence-electron chi connectivity index (χ4n) is 2.65. The Kier molecular flexibility index (Phi) is 4.08. The zero-order chi connectivity index (χ0) is 14.0. The van der Waals surface area contributed by atoms with E-state index in [0.29, 0.717) is 11.6 Å². The van der Waals surface area contributed by atoms with E-state index in [1.807, 2.05) is 6.92 Å². The van der Waals surface area contributed by atoms with Crippen LogP contribution >= 0.6 is 11.8 Å². The molecule has 0 aromatic carbocycles. The number of aliphatic carboxylic acids is 2. The molecule has 104 valence electrons. The Bertz CT molecular complexity index is 465.